The molecule has 0 aliphatic heterocycles. The van der Waals surface area contributed by atoms with E-state index in [1.807, 2.05) is 0 Å². The summed E-state index contributed by atoms with van der Waals surface area (Å²) in [6.07, 6.45) is -7.46. The van der Waals surface area contributed by atoms with Crippen molar-refractivity contribution in [2.75, 3.05) is 0 Å². The van der Waals surface area contributed by atoms with Crippen molar-refractivity contribution in [1.29, 1.82) is 0 Å². The van der Waals surface area contributed by atoms with E-state index in [-0.39, 0.29) is 0 Å². The molecule has 0 aromatic heterocycles. The number of alkyl halides is 9. The molecule has 0 saturated carbocycles. The van der Waals surface area contributed by atoms with Gasteiger partial charge in [-0.3, -0.25) is 0 Å². The zero-order valence-electron chi connectivity index (χ0n) is 14.4. The van der Waals surface area contributed by atoms with Crippen LogP contribution in [0.1, 0.15) is 20.7 Å². The minimum Gasteiger partial charge on any atom is -0.477 e. The summed E-state index contributed by atoms with van der Waals surface area (Å²) in [4.78, 5) is 21.6. The molecule has 1 rings (SSSR count). The summed E-state index contributed by atoms with van der Waals surface area (Å²) >= 11 is 0. The molecule has 0 aliphatic carbocycles. The molecule has 0 fully saturated rings. The average Bonchev–Trinajstić information content (AvgIpc) is 2.63. The Morgan fingerprint density at radius 1 is 0.667 bits per heavy atom. The number of carbonyl (C=O) groups is 2. The van der Waals surface area contributed by atoms with Crippen LogP contribution in [-0.4, -0.2) is 46.1 Å². The van der Waals surface area contributed by atoms with Gasteiger partial charge in [0.2, 0.25) is 5.83 Å². The van der Waals surface area contributed by atoms with Crippen molar-refractivity contribution >= 4 is 11.9 Å². The first-order valence-corrected chi connectivity index (χ1v) is 7.16. The summed E-state index contributed by atoms with van der Waals surface area (Å²) in [6, 6.07) is -4.04. The Bertz CT molecular complexity index is 1030. The molecule has 0 heterocycles. The van der Waals surface area contributed by atoms with Crippen molar-refractivity contribution in [2.24, 2.45) is 0 Å². The standard InChI is InChI=1S/C14H2F14O5/c15-3-1(9(29)30)5(17)6(2(4(3)16)10(31)32)33-8(19)7(18)11(20,21)12(22,23)13(24,25)14(26,27)28/h(H,29,30)(H,31,32). The van der Waals surface area contributed by atoms with Gasteiger partial charge in [0.05, 0.1) is 0 Å². The van der Waals surface area contributed by atoms with Crippen molar-refractivity contribution in [1.82, 2.24) is 0 Å². The van der Waals surface area contributed by atoms with Crippen LogP contribution in [0.2, 0.25) is 0 Å². The van der Waals surface area contributed by atoms with E-state index in [1.165, 1.54) is 0 Å². The smallest absolute Gasteiger partial charge is 0.460 e. The number of ether oxygens (including phenoxy) is 1. The lowest BCUT2D eigenvalue weighted by atomic mass is 10.0. The molecule has 33 heavy (non-hydrogen) atoms. The normalized spacial score (nSPS) is 14.1. The Morgan fingerprint density at radius 3 is 1.42 bits per heavy atom. The van der Waals surface area contributed by atoms with Crippen molar-refractivity contribution in [2.45, 2.75) is 23.9 Å². The van der Waals surface area contributed by atoms with E-state index in [0.717, 1.165) is 0 Å². The Labute approximate surface area is 169 Å². The van der Waals surface area contributed by atoms with Crippen LogP contribution >= 0.6 is 0 Å². The second-order valence-electron chi connectivity index (χ2n) is 5.54. The highest BCUT2D eigenvalue weighted by molar-refractivity contribution is 5.95. The number of carboxylic acid groups (broad SMARTS) is 2. The fourth-order valence-corrected chi connectivity index (χ4v) is 1.88. The van der Waals surface area contributed by atoms with Crippen molar-refractivity contribution in [3.63, 3.8) is 0 Å². The highest BCUT2D eigenvalue weighted by Gasteiger charge is 2.83. The maximum absolute atomic E-state index is 14.0. The SMILES string of the molecule is O=C(O)c1c(F)c(F)c(C(=O)O)c(OC(F)=C(F)C(F)(F)C(F)(F)C(F)(F)C(F)(F)F)c1F. The third-order valence-electron chi connectivity index (χ3n) is 3.49. The second kappa shape index (κ2) is 8.25. The Kier molecular flexibility index (Phi) is 6.94. The number of rotatable bonds is 7. The number of aromatic carboxylic acids is 2. The van der Waals surface area contributed by atoms with Gasteiger partial charge in [-0.05, 0) is 0 Å². The van der Waals surface area contributed by atoms with Gasteiger partial charge in [0.15, 0.2) is 23.2 Å². The number of carboxylic acids is 2. The summed E-state index contributed by atoms with van der Waals surface area (Å²) in [5.74, 6) is -44.7. The lowest BCUT2D eigenvalue weighted by molar-refractivity contribution is -0.392. The van der Waals surface area contributed by atoms with Gasteiger partial charge in [-0.25, -0.2) is 22.8 Å². The number of benzene rings is 1. The minimum absolute atomic E-state index is 2.51. The van der Waals surface area contributed by atoms with Gasteiger partial charge < -0.3 is 14.9 Å². The van der Waals surface area contributed by atoms with E-state index in [2.05, 4.69) is 4.74 Å². The van der Waals surface area contributed by atoms with Crippen LogP contribution in [-0.2, 0) is 0 Å². The molecule has 1 aromatic carbocycles. The third kappa shape index (κ3) is 4.22. The first-order chi connectivity index (χ1) is 14.6. The van der Waals surface area contributed by atoms with E-state index in [0.29, 0.717) is 0 Å². The van der Waals surface area contributed by atoms with Crippen LogP contribution in [0.5, 0.6) is 5.75 Å². The molecule has 0 saturated heterocycles. The highest BCUT2D eigenvalue weighted by atomic mass is 19.4. The molecule has 2 N–H and O–H groups in total. The number of hydrogen-bond acceptors (Lipinski definition) is 3. The maximum atomic E-state index is 14.0. The highest BCUT2D eigenvalue weighted by Crippen LogP contribution is 2.56. The lowest BCUT2D eigenvalue weighted by Crippen LogP contribution is -2.61. The molecule has 0 unspecified atom stereocenters. The fraction of sp³-hybridized carbons (Fsp3) is 0.286. The number of allylic oxidation sites excluding steroid dienone is 1. The predicted molar refractivity (Wildman–Crippen MR) is 71.0 cm³/mol. The van der Waals surface area contributed by atoms with Gasteiger partial charge in [-0.2, -0.15) is 48.3 Å². The Balaban J connectivity index is 3.80. The monoisotopic (exact) mass is 516 g/mol. The molecule has 0 bridgehead atoms. The molecule has 0 atom stereocenters. The topological polar surface area (TPSA) is 83.8 Å². The number of hydrogen-bond donors (Lipinski definition) is 2. The molecule has 5 nitrogen and oxygen atoms in total. The van der Waals surface area contributed by atoms with Crippen LogP contribution < -0.4 is 4.74 Å². The summed E-state index contributed by atoms with van der Waals surface area (Å²) in [5.41, 5.74) is -5.09. The van der Waals surface area contributed by atoms with E-state index in [4.69, 9.17) is 10.2 Å². The molecular weight excluding hydrogens is 514 g/mol. The molecule has 0 amide bonds. The molecule has 0 spiro atoms. The Hall–Kier alpha value is -3.28. The fourth-order valence-electron chi connectivity index (χ4n) is 1.88. The minimum atomic E-state index is -7.79. The van der Waals surface area contributed by atoms with E-state index in [1.54, 1.807) is 0 Å². The predicted octanol–water partition coefficient (Wildman–Crippen LogP) is 5.46. The number of halogens is 14. The quantitative estimate of drug-likeness (QED) is 0.286. The van der Waals surface area contributed by atoms with Gasteiger partial charge in [0.1, 0.15) is 11.1 Å². The average molecular weight is 516 g/mol. The summed E-state index contributed by atoms with van der Waals surface area (Å²) in [7, 11) is 0. The lowest BCUT2D eigenvalue weighted by Gasteiger charge is -2.32. The van der Waals surface area contributed by atoms with Gasteiger partial charge in [0, 0.05) is 0 Å². The van der Waals surface area contributed by atoms with Gasteiger partial charge >= 0.3 is 41.9 Å². The largest absolute Gasteiger partial charge is 0.477 e. The summed E-state index contributed by atoms with van der Waals surface area (Å²) in [6.45, 7) is 0. The molecule has 0 aliphatic rings. The summed E-state index contributed by atoms with van der Waals surface area (Å²) in [5, 5.41) is 17.2. The molecular formula is C14H2F14O5. The van der Waals surface area contributed by atoms with Gasteiger partial charge in [-0.15, -0.1) is 0 Å². The molecule has 186 valence electrons. The van der Waals surface area contributed by atoms with Gasteiger partial charge in [0.25, 0.3) is 0 Å². The van der Waals surface area contributed by atoms with Crippen molar-refractivity contribution < 1.29 is 86.0 Å². The van der Waals surface area contributed by atoms with E-state index >= 15 is 0 Å². The third-order valence-corrected chi connectivity index (χ3v) is 3.49. The van der Waals surface area contributed by atoms with Crippen molar-refractivity contribution in [3.8, 4) is 5.75 Å². The van der Waals surface area contributed by atoms with Crippen LogP contribution in [0.25, 0.3) is 0 Å². The molecule has 19 heteroatoms. The molecule has 1 aromatic rings. The summed E-state index contributed by atoms with van der Waals surface area (Å²) < 4.78 is 186. The zero-order valence-corrected chi connectivity index (χ0v) is 14.4. The van der Waals surface area contributed by atoms with Crippen LogP contribution in [0.3, 0.4) is 0 Å². The van der Waals surface area contributed by atoms with Crippen LogP contribution in [0.15, 0.2) is 11.8 Å². The van der Waals surface area contributed by atoms with Crippen LogP contribution in [0.4, 0.5) is 61.5 Å². The van der Waals surface area contributed by atoms with Crippen molar-refractivity contribution in [3.05, 3.63) is 40.4 Å². The van der Waals surface area contributed by atoms with Crippen LogP contribution in [0, 0.1) is 17.5 Å². The maximum Gasteiger partial charge on any atom is 0.460 e. The zero-order chi connectivity index (χ0) is 26.5. The van der Waals surface area contributed by atoms with E-state index in [9.17, 15) is 71.1 Å². The first kappa shape index (κ1) is 27.8. The second-order valence-corrected chi connectivity index (χ2v) is 5.54. The van der Waals surface area contributed by atoms with E-state index < -0.39 is 82.1 Å². The van der Waals surface area contributed by atoms with Gasteiger partial charge in [-0.1, -0.05) is 0 Å². The Morgan fingerprint density at radius 2 is 1.06 bits per heavy atom. The first-order valence-electron chi connectivity index (χ1n) is 7.16. The molecule has 0 radical (unpaired) electrons.